The SMILES string of the molecule is CC(CC1OC(=O)CC1(C)C)c1ccccc1. The molecule has 2 atom stereocenters. The van der Waals surface area contributed by atoms with Crippen molar-refractivity contribution >= 4 is 5.97 Å². The molecule has 1 aliphatic rings. The van der Waals surface area contributed by atoms with Crippen LogP contribution in [-0.4, -0.2) is 12.1 Å². The molecule has 17 heavy (non-hydrogen) atoms. The summed E-state index contributed by atoms with van der Waals surface area (Å²) in [6.45, 7) is 6.41. The molecule has 1 heterocycles. The van der Waals surface area contributed by atoms with Gasteiger partial charge < -0.3 is 4.74 Å². The summed E-state index contributed by atoms with van der Waals surface area (Å²) < 4.78 is 5.43. The van der Waals surface area contributed by atoms with Crippen LogP contribution in [-0.2, 0) is 9.53 Å². The molecule has 2 nitrogen and oxygen atoms in total. The van der Waals surface area contributed by atoms with Crippen molar-refractivity contribution in [3.8, 4) is 0 Å². The molecule has 0 amide bonds. The second-order valence-corrected chi connectivity index (χ2v) is 5.69. The maximum atomic E-state index is 11.4. The van der Waals surface area contributed by atoms with Crippen LogP contribution in [0.2, 0.25) is 0 Å². The molecular weight excluding hydrogens is 212 g/mol. The first-order chi connectivity index (χ1) is 7.99. The Morgan fingerprint density at radius 3 is 2.53 bits per heavy atom. The van der Waals surface area contributed by atoms with Gasteiger partial charge in [0.2, 0.25) is 0 Å². The Bertz CT molecular complexity index is 395. The lowest BCUT2D eigenvalue weighted by Gasteiger charge is -2.26. The molecular formula is C15H20O2. The van der Waals surface area contributed by atoms with Crippen molar-refractivity contribution in [3.05, 3.63) is 35.9 Å². The smallest absolute Gasteiger partial charge is 0.306 e. The van der Waals surface area contributed by atoms with Gasteiger partial charge in [-0.15, -0.1) is 0 Å². The van der Waals surface area contributed by atoms with Gasteiger partial charge >= 0.3 is 5.97 Å². The van der Waals surface area contributed by atoms with Gasteiger partial charge in [0.25, 0.3) is 0 Å². The Labute approximate surface area is 103 Å². The molecule has 0 saturated carbocycles. The van der Waals surface area contributed by atoms with Crippen LogP contribution in [0.1, 0.15) is 45.1 Å². The minimum absolute atomic E-state index is 0.0277. The van der Waals surface area contributed by atoms with E-state index in [-0.39, 0.29) is 17.5 Å². The highest BCUT2D eigenvalue weighted by molar-refractivity contribution is 5.72. The summed E-state index contributed by atoms with van der Waals surface area (Å²) in [5.41, 5.74) is 1.28. The first-order valence-electron chi connectivity index (χ1n) is 6.23. The number of benzene rings is 1. The Morgan fingerprint density at radius 1 is 1.35 bits per heavy atom. The van der Waals surface area contributed by atoms with E-state index in [1.165, 1.54) is 5.56 Å². The number of carbonyl (C=O) groups is 1. The van der Waals surface area contributed by atoms with E-state index in [0.29, 0.717) is 12.3 Å². The zero-order valence-electron chi connectivity index (χ0n) is 10.8. The standard InChI is InChI=1S/C15H20O2/c1-11(12-7-5-4-6-8-12)9-13-15(2,3)10-14(16)17-13/h4-8,11,13H,9-10H2,1-3H3. The fourth-order valence-electron chi connectivity index (χ4n) is 2.45. The lowest BCUT2D eigenvalue weighted by atomic mass is 9.80. The summed E-state index contributed by atoms with van der Waals surface area (Å²) in [5, 5.41) is 0. The highest BCUT2D eigenvalue weighted by Gasteiger charge is 2.42. The largest absolute Gasteiger partial charge is 0.462 e. The molecule has 1 aliphatic heterocycles. The summed E-state index contributed by atoms with van der Waals surface area (Å²) in [6.07, 6.45) is 1.49. The van der Waals surface area contributed by atoms with Gasteiger partial charge in [0.05, 0.1) is 6.42 Å². The van der Waals surface area contributed by atoms with Crippen molar-refractivity contribution < 1.29 is 9.53 Å². The lowest BCUT2D eigenvalue weighted by molar-refractivity contribution is -0.142. The van der Waals surface area contributed by atoms with Gasteiger partial charge in [-0.05, 0) is 17.9 Å². The van der Waals surface area contributed by atoms with Crippen molar-refractivity contribution in [2.75, 3.05) is 0 Å². The average molecular weight is 232 g/mol. The molecule has 2 heteroatoms. The van der Waals surface area contributed by atoms with Gasteiger partial charge in [-0.25, -0.2) is 0 Å². The van der Waals surface area contributed by atoms with Gasteiger partial charge in [-0.3, -0.25) is 4.79 Å². The Hall–Kier alpha value is -1.31. The first-order valence-corrected chi connectivity index (χ1v) is 6.23. The molecule has 1 fully saturated rings. The molecule has 0 aliphatic carbocycles. The summed E-state index contributed by atoms with van der Waals surface area (Å²) in [5.74, 6) is 0.367. The van der Waals surface area contributed by atoms with Gasteiger partial charge in [0.1, 0.15) is 6.10 Å². The second-order valence-electron chi connectivity index (χ2n) is 5.69. The fraction of sp³-hybridized carbons (Fsp3) is 0.533. The van der Waals surface area contributed by atoms with Crippen molar-refractivity contribution in [2.24, 2.45) is 5.41 Å². The second kappa shape index (κ2) is 4.52. The van der Waals surface area contributed by atoms with Crippen molar-refractivity contribution in [3.63, 3.8) is 0 Å². The Morgan fingerprint density at radius 2 is 2.00 bits per heavy atom. The monoisotopic (exact) mass is 232 g/mol. The van der Waals surface area contributed by atoms with E-state index in [0.717, 1.165) is 6.42 Å². The van der Waals surface area contributed by atoms with E-state index in [1.807, 2.05) is 6.07 Å². The topological polar surface area (TPSA) is 26.3 Å². The van der Waals surface area contributed by atoms with Gasteiger partial charge in [-0.1, -0.05) is 51.1 Å². The third-order valence-corrected chi connectivity index (χ3v) is 3.68. The molecule has 2 unspecified atom stereocenters. The quantitative estimate of drug-likeness (QED) is 0.745. The molecule has 0 aromatic heterocycles. The maximum Gasteiger partial charge on any atom is 0.306 e. The average Bonchev–Trinajstić information content (AvgIpc) is 2.53. The first kappa shape index (κ1) is 12.2. The molecule has 1 saturated heterocycles. The summed E-state index contributed by atoms with van der Waals surface area (Å²) >= 11 is 0. The van der Waals surface area contributed by atoms with E-state index >= 15 is 0 Å². The zero-order chi connectivity index (χ0) is 12.5. The van der Waals surface area contributed by atoms with Crippen LogP contribution in [0, 0.1) is 5.41 Å². The summed E-state index contributed by atoms with van der Waals surface area (Å²) in [6, 6.07) is 10.4. The van der Waals surface area contributed by atoms with Crippen molar-refractivity contribution in [1.29, 1.82) is 0 Å². The van der Waals surface area contributed by atoms with Crippen LogP contribution < -0.4 is 0 Å². The summed E-state index contributed by atoms with van der Waals surface area (Å²) in [4.78, 5) is 11.4. The molecule has 92 valence electrons. The van der Waals surface area contributed by atoms with Crippen LogP contribution in [0.25, 0.3) is 0 Å². The predicted molar refractivity (Wildman–Crippen MR) is 67.8 cm³/mol. The molecule has 1 aromatic carbocycles. The number of cyclic esters (lactones) is 1. The molecule has 0 spiro atoms. The van der Waals surface area contributed by atoms with E-state index in [1.54, 1.807) is 0 Å². The number of hydrogen-bond donors (Lipinski definition) is 0. The number of rotatable bonds is 3. The van der Waals surface area contributed by atoms with Crippen LogP contribution >= 0.6 is 0 Å². The number of hydrogen-bond acceptors (Lipinski definition) is 2. The molecule has 1 aromatic rings. The Balaban J connectivity index is 2.04. The highest BCUT2D eigenvalue weighted by Crippen LogP contribution is 2.39. The van der Waals surface area contributed by atoms with Crippen LogP contribution in [0.15, 0.2) is 30.3 Å². The van der Waals surface area contributed by atoms with Crippen LogP contribution in [0.5, 0.6) is 0 Å². The van der Waals surface area contributed by atoms with Crippen LogP contribution in [0.4, 0.5) is 0 Å². The molecule has 0 N–H and O–H groups in total. The van der Waals surface area contributed by atoms with Gasteiger partial charge in [0, 0.05) is 5.41 Å². The molecule has 0 bridgehead atoms. The number of esters is 1. The third kappa shape index (κ3) is 2.68. The van der Waals surface area contributed by atoms with Gasteiger partial charge in [0.15, 0.2) is 0 Å². The maximum absolute atomic E-state index is 11.4. The predicted octanol–water partition coefficient (Wildman–Crippen LogP) is 3.52. The molecule has 2 rings (SSSR count). The summed E-state index contributed by atoms with van der Waals surface area (Å²) in [7, 11) is 0. The minimum atomic E-state index is -0.0553. The van der Waals surface area contributed by atoms with Crippen molar-refractivity contribution in [1.82, 2.24) is 0 Å². The fourth-order valence-corrected chi connectivity index (χ4v) is 2.45. The van der Waals surface area contributed by atoms with E-state index < -0.39 is 0 Å². The van der Waals surface area contributed by atoms with E-state index in [4.69, 9.17) is 4.74 Å². The highest BCUT2D eigenvalue weighted by atomic mass is 16.6. The Kier molecular flexibility index (Phi) is 3.23. The third-order valence-electron chi connectivity index (χ3n) is 3.68. The van der Waals surface area contributed by atoms with Crippen molar-refractivity contribution in [2.45, 2.75) is 45.6 Å². The number of ether oxygens (including phenoxy) is 1. The zero-order valence-corrected chi connectivity index (χ0v) is 10.8. The van der Waals surface area contributed by atoms with E-state index in [2.05, 4.69) is 45.0 Å². The minimum Gasteiger partial charge on any atom is -0.462 e. The van der Waals surface area contributed by atoms with E-state index in [9.17, 15) is 4.79 Å². The van der Waals surface area contributed by atoms with Gasteiger partial charge in [-0.2, -0.15) is 0 Å². The lowest BCUT2D eigenvalue weighted by Crippen LogP contribution is -2.25. The normalized spacial score (nSPS) is 24.4. The number of carbonyl (C=O) groups excluding carboxylic acids is 1. The van der Waals surface area contributed by atoms with Crippen LogP contribution in [0.3, 0.4) is 0 Å². The molecule has 0 radical (unpaired) electrons.